The minimum atomic E-state index is -0.848. The summed E-state index contributed by atoms with van der Waals surface area (Å²) in [5.41, 5.74) is 4.27. The molecule has 0 aromatic heterocycles. The smallest absolute Gasteiger partial charge is 0.315 e. The van der Waals surface area contributed by atoms with Crippen LogP contribution < -0.4 is 21.7 Å². The van der Waals surface area contributed by atoms with E-state index in [1.54, 1.807) is 4.90 Å². The number of urea groups is 1. The summed E-state index contributed by atoms with van der Waals surface area (Å²) in [6.07, 6.45) is 2.53. The van der Waals surface area contributed by atoms with Gasteiger partial charge in [0.2, 0.25) is 17.7 Å². The van der Waals surface area contributed by atoms with Crippen LogP contribution in [0.15, 0.2) is 0 Å². The number of hydrogen-bond acceptors (Lipinski definition) is 5. The summed E-state index contributed by atoms with van der Waals surface area (Å²) in [5, 5.41) is 8.51. The molecule has 1 saturated heterocycles. The van der Waals surface area contributed by atoms with Crippen LogP contribution in [-0.2, 0) is 19.2 Å². The number of nitrogens with zero attached hydrogens (tertiary/aromatic N) is 1. The van der Waals surface area contributed by atoms with Crippen molar-refractivity contribution in [2.45, 2.75) is 98.3 Å². The van der Waals surface area contributed by atoms with Gasteiger partial charge in [-0.2, -0.15) is 0 Å². The van der Waals surface area contributed by atoms with Crippen LogP contribution in [-0.4, -0.2) is 65.1 Å². The fourth-order valence-electron chi connectivity index (χ4n) is 6.10. The van der Waals surface area contributed by atoms with Crippen molar-refractivity contribution in [1.29, 1.82) is 0 Å². The van der Waals surface area contributed by atoms with E-state index in [1.807, 2.05) is 41.5 Å². The van der Waals surface area contributed by atoms with Crippen molar-refractivity contribution in [3.05, 3.63) is 0 Å². The molecule has 0 spiro atoms. The quantitative estimate of drug-likeness (QED) is 0.359. The Balaban J connectivity index is 1.77. The second-order valence-electron chi connectivity index (χ2n) is 13.9. The number of primary amides is 1. The third kappa shape index (κ3) is 6.09. The molecule has 3 fully saturated rings. The van der Waals surface area contributed by atoms with Gasteiger partial charge < -0.3 is 31.4 Å². The van der Waals surface area contributed by atoms with E-state index in [4.69, 9.17) is 5.73 Å². The lowest BCUT2D eigenvalue weighted by Crippen LogP contribution is -2.62. The van der Waals surface area contributed by atoms with Crippen LogP contribution in [0.5, 0.6) is 0 Å². The first kappa shape index (κ1) is 28.9. The summed E-state index contributed by atoms with van der Waals surface area (Å²) >= 11 is 0. The molecule has 1 aliphatic heterocycles. The summed E-state index contributed by atoms with van der Waals surface area (Å²) in [6.45, 7) is 15.8. The molecule has 2 aliphatic carbocycles. The van der Waals surface area contributed by atoms with Gasteiger partial charge in [0.25, 0.3) is 0 Å². The van der Waals surface area contributed by atoms with E-state index in [1.165, 1.54) is 0 Å². The first-order chi connectivity index (χ1) is 16.9. The highest BCUT2D eigenvalue weighted by Gasteiger charge is 2.69. The number of nitrogens with one attached hydrogen (secondary N) is 3. The number of aldehydes is 1. The molecule has 37 heavy (non-hydrogen) atoms. The molecule has 208 valence electrons. The first-order valence-corrected chi connectivity index (χ1v) is 13.3. The van der Waals surface area contributed by atoms with Crippen molar-refractivity contribution < 1.29 is 24.0 Å². The van der Waals surface area contributed by atoms with Gasteiger partial charge in [-0.05, 0) is 68.6 Å². The van der Waals surface area contributed by atoms with Crippen molar-refractivity contribution in [3.63, 3.8) is 0 Å². The Kier molecular flexibility index (Phi) is 7.74. The maximum Gasteiger partial charge on any atom is 0.315 e. The zero-order chi connectivity index (χ0) is 28.1. The van der Waals surface area contributed by atoms with E-state index >= 15 is 0 Å². The molecule has 10 nitrogen and oxygen atoms in total. The van der Waals surface area contributed by atoms with E-state index in [0.717, 1.165) is 6.42 Å². The van der Waals surface area contributed by atoms with Crippen molar-refractivity contribution in [2.24, 2.45) is 40.2 Å². The molecular weight excluding hydrogens is 474 g/mol. The number of amides is 5. The van der Waals surface area contributed by atoms with Crippen molar-refractivity contribution in [2.75, 3.05) is 6.54 Å². The number of carbonyl (C=O) groups excluding carboxylic acids is 5. The monoisotopic (exact) mass is 519 g/mol. The molecule has 5 amide bonds. The zero-order valence-electron chi connectivity index (χ0n) is 23.5. The summed E-state index contributed by atoms with van der Waals surface area (Å²) in [7, 11) is 0. The average molecular weight is 520 g/mol. The summed E-state index contributed by atoms with van der Waals surface area (Å²) < 4.78 is 0. The van der Waals surface area contributed by atoms with Crippen molar-refractivity contribution in [1.82, 2.24) is 20.9 Å². The maximum absolute atomic E-state index is 13.9. The molecule has 10 heteroatoms. The number of fused-ring (bicyclic) bond motifs is 1. The highest BCUT2D eigenvalue weighted by molar-refractivity contribution is 5.94. The van der Waals surface area contributed by atoms with Gasteiger partial charge in [0.15, 0.2) is 0 Å². The fourth-order valence-corrected chi connectivity index (χ4v) is 6.10. The van der Waals surface area contributed by atoms with Crippen LogP contribution in [0.3, 0.4) is 0 Å². The second-order valence-corrected chi connectivity index (χ2v) is 13.9. The Labute approximate surface area is 220 Å². The van der Waals surface area contributed by atoms with Gasteiger partial charge in [-0.15, -0.1) is 0 Å². The Hall–Kier alpha value is -2.65. The van der Waals surface area contributed by atoms with Crippen LogP contribution >= 0.6 is 0 Å². The van der Waals surface area contributed by atoms with Gasteiger partial charge in [0.1, 0.15) is 18.4 Å². The van der Waals surface area contributed by atoms with Crippen LogP contribution in [0.25, 0.3) is 0 Å². The minimum absolute atomic E-state index is 0.0322. The molecule has 0 aromatic rings. The van der Waals surface area contributed by atoms with E-state index in [0.29, 0.717) is 25.7 Å². The number of rotatable bonds is 8. The summed E-state index contributed by atoms with van der Waals surface area (Å²) in [5.74, 6) is -1.23. The van der Waals surface area contributed by atoms with E-state index in [9.17, 15) is 24.0 Å². The third-order valence-corrected chi connectivity index (χ3v) is 8.47. The van der Waals surface area contributed by atoms with E-state index in [2.05, 4.69) is 29.8 Å². The Morgan fingerprint density at radius 3 is 2.14 bits per heavy atom. The molecule has 3 aliphatic rings. The molecule has 5 N–H and O–H groups in total. The summed E-state index contributed by atoms with van der Waals surface area (Å²) in [4.78, 5) is 65.2. The lowest BCUT2D eigenvalue weighted by Gasteiger charge is -2.39. The van der Waals surface area contributed by atoms with E-state index < -0.39 is 35.1 Å². The molecule has 1 heterocycles. The number of nitrogens with two attached hydrogens (primary N) is 1. The Bertz CT molecular complexity index is 950. The second kappa shape index (κ2) is 9.91. The number of piperidine rings is 1. The molecular formula is C27H45N5O5. The van der Waals surface area contributed by atoms with Crippen LogP contribution in [0.2, 0.25) is 0 Å². The molecule has 2 unspecified atom stereocenters. The topological polar surface area (TPSA) is 151 Å². The Morgan fingerprint density at radius 2 is 1.68 bits per heavy atom. The number of hydrogen-bond donors (Lipinski definition) is 4. The SMILES string of the molecule is CC(C)(C)NC(=O)N[C@H](C(=O)N1C[C@H]2[C@@H]([C@H]1C(=O)NC(C=O)CC1CC[C@@H]1C(N)=O)C2(C)C)C(C)(C)C. The largest absolute Gasteiger partial charge is 0.369 e. The summed E-state index contributed by atoms with van der Waals surface area (Å²) in [6, 6.07) is -2.79. The van der Waals surface area contributed by atoms with Crippen molar-refractivity contribution >= 4 is 30.0 Å². The van der Waals surface area contributed by atoms with Crippen LogP contribution in [0.4, 0.5) is 4.79 Å². The molecule has 0 bridgehead atoms. The minimum Gasteiger partial charge on any atom is -0.369 e. The van der Waals surface area contributed by atoms with Crippen molar-refractivity contribution in [3.8, 4) is 0 Å². The van der Waals surface area contributed by atoms with Gasteiger partial charge in [0.05, 0.1) is 6.04 Å². The molecule has 7 atom stereocenters. The fraction of sp³-hybridized carbons (Fsp3) is 0.815. The molecule has 0 aromatic carbocycles. The first-order valence-electron chi connectivity index (χ1n) is 13.3. The third-order valence-electron chi connectivity index (χ3n) is 8.47. The lowest BCUT2D eigenvalue weighted by atomic mass is 9.70. The zero-order valence-corrected chi connectivity index (χ0v) is 23.5. The van der Waals surface area contributed by atoms with Gasteiger partial charge in [0, 0.05) is 18.0 Å². The van der Waals surface area contributed by atoms with Gasteiger partial charge >= 0.3 is 6.03 Å². The van der Waals surface area contributed by atoms with Crippen LogP contribution in [0, 0.1) is 34.5 Å². The predicted molar refractivity (Wildman–Crippen MR) is 139 cm³/mol. The number of carbonyl (C=O) groups is 5. The standard InChI is InChI=1S/C27H45N5O5/c1-25(2,3)20(30-24(37)31-26(4,5)6)23(36)32-12-17-18(27(17,7)8)19(32)22(35)29-15(13-33)11-14-9-10-16(14)21(28)34/h13-20H,9-12H2,1-8H3,(H2,28,34)(H,29,35)(H2,30,31,37)/t14?,15?,16-,17-,18-,19-,20+/m0/s1. The predicted octanol–water partition coefficient (Wildman–Crippen LogP) is 1.57. The highest BCUT2D eigenvalue weighted by atomic mass is 16.2. The number of likely N-dealkylation sites (tertiary alicyclic amines) is 1. The van der Waals surface area contributed by atoms with Crippen LogP contribution in [0.1, 0.15) is 74.7 Å². The normalized spacial score (nSPS) is 29.7. The highest BCUT2D eigenvalue weighted by Crippen LogP contribution is 2.65. The maximum atomic E-state index is 13.9. The average Bonchev–Trinajstić information content (AvgIpc) is 3.06. The van der Waals surface area contributed by atoms with Gasteiger partial charge in [-0.25, -0.2) is 4.79 Å². The molecule has 0 radical (unpaired) electrons. The van der Waals surface area contributed by atoms with Gasteiger partial charge in [-0.3, -0.25) is 14.4 Å². The Morgan fingerprint density at radius 1 is 1.05 bits per heavy atom. The van der Waals surface area contributed by atoms with E-state index in [-0.39, 0.29) is 46.8 Å². The van der Waals surface area contributed by atoms with Gasteiger partial charge in [-0.1, -0.05) is 34.6 Å². The molecule has 3 rings (SSSR count). The molecule has 2 saturated carbocycles. The lowest BCUT2D eigenvalue weighted by molar-refractivity contribution is -0.144.